The monoisotopic (exact) mass is 447 g/mol. The molecule has 2 heterocycles. The van der Waals surface area contributed by atoms with Gasteiger partial charge >= 0.3 is 6.03 Å². The molecule has 0 aliphatic heterocycles. The van der Waals surface area contributed by atoms with E-state index in [0.29, 0.717) is 30.1 Å². The molecule has 0 spiro atoms. The van der Waals surface area contributed by atoms with Gasteiger partial charge in [-0.1, -0.05) is 41.9 Å². The zero-order chi connectivity index (χ0) is 22.5. The maximum atomic E-state index is 12.6. The Kier molecular flexibility index (Phi) is 6.37. The number of hydrogen-bond donors (Lipinski definition) is 4. The number of fused-ring (bicyclic) bond motifs is 1. The molecule has 4 aromatic rings. The standard InChI is InChI=1S/C24H22ClN5O2/c25-21-14-28-22-6-5-17(9-20(21)22)12-29-23(31)19-8-18(10-27-13-19)7-15-1-3-16(4-2-15)11-30-24(26)32/h1-6,8-10,13-14,28H,7,11-12H2,(H,29,31)(H3,26,30,32). The molecule has 0 saturated carbocycles. The Balaban J connectivity index is 1.37. The minimum Gasteiger partial charge on any atom is -0.360 e. The van der Waals surface area contributed by atoms with Crippen molar-refractivity contribution in [2.45, 2.75) is 19.5 Å². The quantitative estimate of drug-likeness (QED) is 0.344. The van der Waals surface area contributed by atoms with Gasteiger partial charge in [0.25, 0.3) is 5.91 Å². The number of urea groups is 1. The number of pyridine rings is 1. The molecule has 32 heavy (non-hydrogen) atoms. The predicted octanol–water partition coefficient (Wildman–Crippen LogP) is 3.91. The minimum atomic E-state index is -0.552. The zero-order valence-electron chi connectivity index (χ0n) is 17.2. The molecule has 4 rings (SSSR count). The van der Waals surface area contributed by atoms with Gasteiger partial charge in [-0.25, -0.2) is 4.79 Å². The van der Waals surface area contributed by atoms with Crippen molar-refractivity contribution >= 4 is 34.4 Å². The summed E-state index contributed by atoms with van der Waals surface area (Å²) in [6.07, 6.45) is 5.70. The van der Waals surface area contributed by atoms with E-state index in [1.54, 1.807) is 18.6 Å². The van der Waals surface area contributed by atoms with E-state index in [1.807, 2.05) is 48.5 Å². The molecule has 2 aromatic carbocycles. The lowest BCUT2D eigenvalue weighted by Crippen LogP contribution is -2.28. The summed E-state index contributed by atoms with van der Waals surface area (Å²) in [4.78, 5) is 30.8. The number of nitrogens with zero attached hydrogens (tertiary/aromatic N) is 1. The van der Waals surface area contributed by atoms with Gasteiger partial charge in [0.1, 0.15) is 0 Å². The van der Waals surface area contributed by atoms with Crippen LogP contribution in [0.25, 0.3) is 10.9 Å². The lowest BCUT2D eigenvalue weighted by atomic mass is 10.0. The largest absolute Gasteiger partial charge is 0.360 e. The third-order valence-electron chi connectivity index (χ3n) is 5.10. The number of hydrogen-bond acceptors (Lipinski definition) is 3. The van der Waals surface area contributed by atoms with Gasteiger partial charge in [-0.05, 0) is 46.9 Å². The summed E-state index contributed by atoms with van der Waals surface area (Å²) in [6, 6.07) is 15.0. The smallest absolute Gasteiger partial charge is 0.312 e. The highest BCUT2D eigenvalue weighted by Crippen LogP contribution is 2.23. The molecular formula is C24H22ClN5O2. The van der Waals surface area contributed by atoms with E-state index in [2.05, 4.69) is 20.6 Å². The highest BCUT2D eigenvalue weighted by molar-refractivity contribution is 6.35. The third kappa shape index (κ3) is 5.25. The highest BCUT2D eigenvalue weighted by atomic mass is 35.5. The van der Waals surface area contributed by atoms with Gasteiger partial charge < -0.3 is 21.4 Å². The van der Waals surface area contributed by atoms with Crippen LogP contribution in [0.2, 0.25) is 5.02 Å². The second-order valence-electron chi connectivity index (χ2n) is 7.49. The van der Waals surface area contributed by atoms with E-state index in [9.17, 15) is 9.59 Å². The fourth-order valence-corrected chi connectivity index (χ4v) is 3.65. The summed E-state index contributed by atoms with van der Waals surface area (Å²) in [5.74, 6) is -0.188. The first-order valence-electron chi connectivity index (χ1n) is 10.1. The second-order valence-corrected chi connectivity index (χ2v) is 7.90. The molecule has 0 saturated heterocycles. The van der Waals surface area contributed by atoms with E-state index >= 15 is 0 Å². The molecule has 3 amide bonds. The Morgan fingerprint density at radius 3 is 2.41 bits per heavy atom. The molecule has 162 valence electrons. The molecule has 7 nitrogen and oxygen atoms in total. The fourth-order valence-electron chi connectivity index (χ4n) is 3.44. The maximum absolute atomic E-state index is 12.6. The van der Waals surface area contributed by atoms with Gasteiger partial charge in [-0.2, -0.15) is 0 Å². The van der Waals surface area contributed by atoms with Crippen LogP contribution in [0.3, 0.4) is 0 Å². The lowest BCUT2D eigenvalue weighted by Gasteiger charge is -2.08. The van der Waals surface area contributed by atoms with Crippen LogP contribution < -0.4 is 16.4 Å². The summed E-state index contributed by atoms with van der Waals surface area (Å²) in [7, 11) is 0. The molecule has 0 atom stereocenters. The van der Waals surface area contributed by atoms with Gasteiger partial charge in [-0.15, -0.1) is 0 Å². The van der Waals surface area contributed by atoms with Gasteiger partial charge in [0.2, 0.25) is 0 Å². The summed E-state index contributed by atoms with van der Waals surface area (Å²) in [5, 5.41) is 7.08. The highest BCUT2D eigenvalue weighted by Gasteiger charge is 2.09. The molecule has 8 heteroatoms. The first kappa shape index (κ1) is 21.4. The van der Waals surface area contributed by atoms with Gasteiger partial charge in [0, 0.05) is 42.6 Å². The Labute approximate surface area is 190 Å². The predicted molar refractivity (Wildman–Crippen MR) is 124 cm³/mol. The summed E-state index contributed by atoms with van der Waals surface area (Å²) in [6.45, 7) is 0.775. The van der Waals surface area contributed by atoms with Crippen LogP contribution in [0.15, 0.2) is 67.1 Å². The Morgan fingerprint density at radius 2 is 1.62 bits per heavy atom. The second kappa shape index (κ2) is 9.53. The van der Waals surface area contributed by atoms with E-state index in [4.69, 9.17) is 17.3 Å². The number of amides is 3. The average Bonchev–Trinajstić information content (AvgIpc) is 3.17. The molecule has 5 N–H and O–H groups in total. The first-order valence-corrected chi connectivity index (χ1v) is 10.4. The number of nitrogens with two attached hydrogens (primary N) is 1. The van der Waals surface area contributed by atoms with Gasteiger partial charge in [0.05, 0.1) is 10.6 Å². The number of benzene rings is 2. The molecule has 2 aromatic heterocycles. The summed E-state index contributed by atoms with van der Waals surface area (Å²) < 4.78 is 0. The number of primary amides is 1. The maximum Gasteiger partial charge on any atom is 0.312 e. The van der Waals surface area contributed by atoms with Crippen molar-refractivity contribution in [3.8, 4) is 0 Å². The summed E-state index contributed by atoms with van der Waals surface area (Å²) >= 11 is 6.18. The number of aromatic amines is 1. The SMILES string of the molecule is NC(=O)NCc1ccc(Cc2cncc(C(=O)NCc3ccc4[nH]cc(Cl)c4c3)c2)cc1. The van der Waals surface area contributed by atoms with Crippen LogP contribution in [0, 0.1) is 0 Å². The number of H-pyrrole nitrogens is 1. The number of rotatable bonds is 7. The number of aromatic nitrogens is 2. The lowest BCUT2D eigenvalue weighted by molar-refractivity contribution is 0.0950. The van der Waals surface area contributed by atoms with Gasteiger partial charge in [0.15, 0.2) is 0 Å². The molecule has 0 unspecified atom stereocenters. The third-order valence-corrected chi connectivity index (χ3v) is 5.42. The number of halogens is 1. The van der Waals surface area contributed by atoms with Crippen LogP contribution in [0.4, 0.5) is 4.79 Å². The Morgan fingerprint density at radius 1 is 0.906 bits per heavy atom. The van der Waals surface area contributed by atoms with Crippen molar-refractivity contribution in [1.82, 2.24) is 20.6 Å². The van der Waals surface area contributed by atoms with Crippen molar-refractivity contribution in [3.05, 3.63) is 100.0 Å². The van der Waals surface area contributed by atoms with Crippen LogP contribution in [0.1, 0.15) is 32.6 Å². The van der Waals surface area contributed by atoms with Crippen LogP contribution >= 0.6 is 11.6 Å². The minimum absolute atomic E-state index is 0.188. The average molecular weight is 448 g/mol. The van der Waals surface area contributed by atoms with Gasteiger partial charge in [-0.3, -0.25) is 9.78 Å². The number of carbonyl (C=O) groups is 2. The Hall–Kier alpha value is -3.84. The molecule has 0 aliphatic carbocycles. The van der Waals surface area contributed by atoms with Crippen molar-refractivity contribution in [2.75, 3.05) is 0 Å². The molecule has 0 aliphatic rings. The van der Waals surface area contributed by atoms with Crippen LogP contribution in [0.5, 0.6) is 0 Å². The fraction of sp³-hybridized carbons (Fsp3) is 0.125. The molecule has 0 bridgehead atoms. The number of carbonyl (C=O) groups excluding carboxylic acids is 2. The van der Waals surface area contributed by atoms with E-state index in [1.165, 1.54) is 0 Å². The van der Waals surface area contributed by atoms with E-state index < -0.39 is 6.03 Å². The first-order chi connectivity index (χ1) is 15.5. The summed E-state index contributed by atoms with van der Waals surface area (Å²) in [5.41, 5.74) is 10.5. The van der Waals surface area contributed by atoms with Crippen molar-refractivity contribution in [3.63, 3.8) is 0 Å². The van der Waals surface area contributed by atoms with E-state index in [0.717, 1.165) is 33.2 Å². The van der Waals surface area contributed by atoms with Crippen molar-refractivity contribution in [2.24, 2.45) is 5.73 Å². The van der Waals surface area contributed by atoms with Crippen LogP contribution in [-0.2, 0) is 19.5 Å². The normalized spacial score (nSPS) is 10.8. The van der Waals surface area contributed by atoms with Crippen molar-refractivity contribution < 1.29 is 9.59 Å². The van der Waals surface area contributed by atoms with Crippen LogP contribution in [-0.4, -0.2) is 21.9 Å². The zero-order valence-corrected chi connectivity index (χ0v) is 17.9. The molecule has 0 radical (unpaired) electrons. The van der Waals surface area contributed by atoms with E-state index in [-0.39, 0.29) is 5.91 Å². The topological polar surface area (TPSA) is 113 Å². The molecule has 0 fully saturated rings. The van der Waals surface area contributed by atoms with Crippen molar-refractivity contribution in [1.29, 1.82) is 0 Å². The Bertz CT molecular complexity index is 1270. The number of nitrogens with one attached hydrogen (secondary N) is 3. The molecular weight excluding hydrogens is 426 g/mol.